The summed E-state index contributed by atoms with van der Waals surface area (Å²) < 4.78 is 44.1. The topological polar surface area (TPSA) is 102 Å². The van der Waals surface area contributed by atoms with E-state index in [0.29, 0.717) is 0 Å². The molecule has 1 fully saturated rings. The number of hydrogen-bond donors (Lipinski definition) is 2. The lowest BCUT2D eigenvalue weighted by Crippen LogP contribution is -2.38. The number of rotatable bonds is 6. The summed E-state index contributed by atoms with van der Waals surface area (Å²) in [6.07, 6.45) is 5.01. The third-order valence-electron chi connectivity index (χ3n) is 4.04. The molecule has 1 aliphatic carbocycles. The van der Waals surface area contributed by atoms with Crippen molar-refractivity contribution in [1.29, 1.82) is 0 Å². The number of benzene rings is 1. The Hall–Kier alpha value is -2.00. The molecule has 0 spiro atoms. The van der Waals surface area contributed by atoms with Crippen LogP contribution in [0.4, 0.5) is 4.39 Å². The highest BCUT2D eigenvalue weighted by Gasteiger charge is 2.21. The molecule has 1 aliphatic rings. The van der Waals surface area contributed by atoms with Crippen LogP contribution in [0.3, 0.4) is 0 Å². The van der Waals surface area contributed by atoms with E-state index in [1.54, 1.807) is 0 Å². The van der Waals surface area contributed by atoms with E-state index in [2.05, 4.69) is 10.0 Å². The van der Waals surface area contributed by atoms with Gasteiger partial charge in [-0.25, -0.2) is 22.3 Å². The lowest BCUT2D eigenvalue weighted by molar-refractivity contribution is -0.125. The third-order valence-corrected chi connectivity index (χ3v) is 5.45. The van der Waals surface area contributed by atoms with Crippen LogP contribution < -0.4 is 10.0 Å². The Balaban J connectivity index is 1.98. The molecule has 2 N–H and O–H groups in total. The molecule has 0 radical (unpaired) electrons. The number of carbonyl (C=O) groups excluding carboxylic acids is 2. The summed E-state index contributed by atoms with van der Waals surface area (Å²) in [5.74, 6) is -2.48. The van der Waals surface area contributed by atoms with Crippen molar-refractivity contribution in [2.24, 2.45) is 0 Å². The standard InChI is InChI=1S/C16H21FN2O5S/c1-18-25(22,23)12-7-8-14(17)13(9-12)16(21)24-10-15(20)19-11-5-3-2-4-6-11/h7-9,11,18H,2-6,10H2,1H3,(H,19,20). The molecule has 1 aromatic carbocycles. The number of halogens is 1. The molecule has 1 amide bonds. The summed E-state index contributed by atoms with van der Waals surface area (Å²) in [6, 6.07) is 2.85. The van der Waals surface area contributed by atoms with Gasteiger partial charge in [-0.05, 0) is 38.1 Å². The summed E-state index contributed by atoms with van der Waals surface area (Å²) in [7, 11) is -2.62. The third kappa shape index (κ3) is 5.23. The molecule has 138 valence electrons. The second-order valence-electron chi connectivity index (χ2n) is 5.83. The highest BCUT2D eigenvalue weighted by atomic mass is 32.2. The maximum Gasteiger partial charge on any atom is 0.341 e. The molecule has 1 aromatic rings. The van der Waals surface area contributed by atoms with E-state index in [4.69, 9.17) is 4.74 Å². The van der Waals surface area contributed by atoms with Gasteiger partial charge in [0.15, 0.2) is 6.61 Å². The van der Waals surface area contributed by atoms with Gasteiger partial charge in [0.25, 0.3) is 5.91 Å². The van der Waals surface area contributed by atoms with E-state index >= 15 is 0 Å². The zero-order valence-electron chi connectivity index (χ0n) is 13.9. The molecule has 0 saturated heterocycles. The molecular formula is C16H21FN2O5S. The van der Waals surface area contributed by atoms with Gasteiger partial charge in [0, 0.05) is 6.04 Å². The Bertz CT molecular complexity index is 745. The predicted molar refractivity (Wildman–Crippen MR) is 87.9 cm³/mol. The van der Waals surface area contributed by atoms with Crippen LogP contribution in [0.15, 0.2) is 23.1 Å². The molecule has 1 saturated carbocycles. The van der Waals surface area contributed by atoms with Gasteiger partial charge in [0.05, 0.1) is 10.5 Å². The van der Waals surface area contributed by atoms with Crippen LogP contribution in [0, 0.1) is 5.82 Å². The maximum atomic E-state index is 13.8. The highest BCUT2D eigenvalue weighted by Crippen LogP contribution is 2.18. The van der Waals surface area contributed by atoms with Gasteiger partial charge in [-0.15, -0.1) is 0 Å². The van der Waals surface area contributed by atoms with Crippen LogP contribution in [0.5, 0.6) is 0 Å². The van der Waals surface area contributed by atoms with Crippen LogP contribution in [0.1, 0.15) is 42.5 Å². The normalized spacial score (nSPS) is 15.6. The molecule has 2 rings (SSSR count). The van der Waals surface area contributed by atoms with Crippen molar-refractivity contribution >= 4 is 21.9 Å². The molecule has 0 atom stereocenters. The number of sulfonamides is 1. The minimum absolute atomic E-state index is 0.0702. The molecule has 0 bridgehead atoms. The fourth-order valence-corrected chi connectivity index (χ4v) is 3.43. The van der Waals surface area contributed by atoms with Crippen LogP contribution in [0.25, 0.3) is 0 Å². The Morgan fingerprint density at radius 3 is 2.56 bits per heavy atom. The zero-order chi connectivity index (χ0) is 18.4. The number of amides is 1. The predicted octanol–water partition coefficient (Wildman–Crippen LogP) is 1.34. The molecular weight excluding hydrogens is 351 g/mol. The van der Waals surface area contributed by atoms with E-state index in [1.165, 1.54) is 7.05 Å². The Labute approximate surface area is 146 Å². The summed E-state index contributed by atoms with van der Waals surface area (Å²) in [5, 5.41) is 2.77. The monoisotopic (exact) mass is 372 g/mol. The van der Waals surface area contributed by atoms with Crippen molar-refractivity contribution in [3.63, 3.8) is 0 Å². The number of ether oxygens (including phenoxy) is 1. The van der Waals surface area contributed by atoms with Crippen molar-refractivity contribution in [2.75, 3.05) is 13.7 Å². The Morgan fingerprint density at radius 2 is 1.92 bits per heavy atom. The van der Waals surface area contributed by atoms with Crippen molar-refractivity contribution in [3.05, 3.63) is 29.6 Å². The minimum Gasteiger partial charge on any atom is -0.452 e. The first kappa shape index (κ1) is 19.3. The summed E-state index contributed by atoms with van der Waals surface area (Å²) >= 11 is 0. The van der Waals surface area contributed by atoms with Crippen LogP contribution in [0.2, 0.25) is 0 Å². The second kappa shape index (κ2) is 8.39. The zero-order valence-corrected chi connectivity index (χ0v) is 14.7. The molecule has 7 nitrogen and oxygen atoms in total. The van der Waals surface area contributed by atoms with E-state index in [9.17, 15) is 22.4 Å². The van der Waals surface area contributed by atoms with Crippen molar-refractivity contribution < 1.29 is 27.1 Å². The molecule has 0 unspecified atom stereocenters. The number of carbonyl (C=O) groups is 2. The largest absolute Gasteiger partial charge is 0.452 e. The second-order valence-corrected chi connectivity index (χ2v) is 7.71. The summed E-state index contributed by atoms with van der Waals surface area (Å²) in [6.45, 7) is -0.544. The highest BCUT2D eigenvalue weighted by molar-refractivity contribution is 7.89. The average molecular weight is 372 g/mol. The smallest absolute Gasteiger partial charge is 0.341 e. The molecule has 25 heavy (non-hydrogen) atoms. The maximum absolute atomic E-state index is 13.8. The van der Waals surface area contributed by atoms with E-state index < -0.39 is 39.9 Å². The van der Waals surface area contributed by atoms with Crippen molar-refractivity contribution in [2.45, 2.75) is 43.0 Å². The van der Waals surface area contributed by atoms with Crippen LogP contribution in [-0.2, 0) is 19.6 Å². The van der Waals surface area contributed by atoms with Gasteiger partial charge in [0.1, 0.15) is 5.82 Å². The Morgan fingerprint density at radius 1 is 1.24 bits per heavy atom. The van der Waals surface area contributed by atoms with Crippen molar-refractivity contribution in [3.8, 4) is 0 Å². The minimum atomic E-state index is -3.83. The van der Waals surface area contributed by atoms with E-state index in [-0.39, 0.29) is 10.9 Å². The fourth-order valence-electron chi connectivity index (χ4n) is 2.67. The number of esters is 1. The van der Waals surface area contributed by atoms with Crippen LogP contribution >= 0.6 is 0 Å². The van der Waals surface area contributed by atoms with Gasteiger partial charge in [-0.1, -0.05) is 19.3 Å². The molecule has 0 aliphatic heterocycles. The van der Waals surface area contributed by atoms with Gasteiger partial charge >= 0.3 is 5.97 Å². The van der Waals surface area contributed by atoms with Crippen LogP contribution in [-0.4, -0.2) is 40.0 Å². The van der Waals surface area contributed by atoms with Gasteiger partial charge in [-0.2, -0.15) is 0 Å². The lowest BCUT2D eigenvalue weighted by atomic mass is 9.95. The van der Waals surface area contributed by atoms with E-state index in [1.807, 2.05) is 0 Å². The first-order chi connectivity index (χ1) is 11.8. The van der Waals surface area contributed by atoms with Gasteiger partial charge in [0.2, 0.25) is 10.0 Å². The quantitative estimate of drug-likeness (QED) is 0.734. The first-order valence-electron chi connectivity index (χ1n) is 8.03. The Kier molecular flexibility index (Phi) is 6.49. The van der Waals surface area contributed by atoms with Crippen molar-refractivity contribution in [1.82, 2.24) is 10.0 Å². The lowest BCUT2D eigenvalue weighted by Gasteiger charge is -2.22. The fraction of sp³-hybridized carbons (Fsp3) is 0.500. The van der Waals surface area contributed by atoms with Gasteiger partial charge < -0.3 is 10.1 Å². The summed E-state index contributed by atoms with van der Waals surface area (Å²) in [5.41, 5.74) is -0.540. The van der Waals surface area contributed by atoms with Gasteiger partial charge in [-0.3, -0.25) is 4.79 Å². The number of nitrogens with one attached hydrogen (secondary N) is 2. The SMILES string of the molecule is CNS(=O)(=O)c1ccc(F)c(C(=O)OCC(=O)NC2CCCCC2)c1. The first-order valence-corrected chi connectivity index (χ1v) is 9.51. The molecule has 0 heterocycles. The summed E-state index contributed by atoms with van der Waals surface area (Å²) in [4.78, 5) is 23.5. The number of hydrogen-bond acceptors (Lipinski definition) is 5. The average Bonchev–Trinajstić information content (AvgIpc) is 2.60. The molecule has 9 heteroatoms. The van der Waals surface area contributed by atoms with E-state index in [0.717, 1.165) is 50.3 Å². The molecule has 0 aromatic heterocycles.